The number of hydrogen-bond donors (Lipinski definition) is 2. The van der Waals surface area contributed by atoms with Gasteiger partial charge in [0.05, 0.1) is 6.04 Å². The van der Waals surface area contributed by atoms with Crippen molar-refractivity contribution in [3.05, 3.63) is 59.7 Å². The third kappa shape index (κ3) is 5.17. The fraction of sp³-hybridized carbons (Fsp3) is 0.435. The van der Waals surface area contributed by atoms with Gasteiger partial charge >= 0.3 is 5.51 Å². The van der Waals surface area contributed by atoms with Gasteiger partial charge in [0.1, 0.15) is 17.2 Å². The summed E-state index contributed by atoms with van der Waals surface area (Å²) in [7, 11) is 0. The lowest BCUT2D eigenvalue weighted by molar-refractivity contribution is -0.161. The van der Waals surface area contributed by atoms with E-state index in [2.05, 4.69) is 4.72 Å². The summed E-state index contributed by atoms with van der Waals surface area (Å²) in [6.07, 6.45) is 1.48. The van der Waals surface area contributed by atoms with Crippen LogP contribution in [-0.2, 0) is 11.2 Å². The molecule has 0 radical (unpaired) electrons. The van der Waals surface area contributed by atoms with Gasteiger partial charge in [-0.3, -0.25) is 9.52 Å². The number of rotatable bonds is 6. The first-order valence-corrected chi connectivity index (χ1v) is 11.5. The minimum atomic E-state index is -4.52. The molecule has 2 unspecified atom stereocenters. The highest BCUT2D eigenvalue weighted by Crippen LogP contribution is 2.38. The Morgan fingerprint density at radius 3 is 2.55 bits per heavy atom. The minimum absolute atomic E-state index is 0.0487. The van der Waals surface area contributed by atoms with Crippen molar-refractivity contribution in [3.63, 3.8) is 0 Å². The van der Waals surface area contributed by atoms with E-state index >= 15 is 4.39 Å². The van der Waals surface area contributed by atoms with Crippen LogP contribution in [0.3, 0.4) is 0 Å². The zero-order valence-electron chi connectivity index (χ0n) is 17.5. The van der Waals surface area contributed by atoms with Crippen molar-refractivity contribution >= 4 is 17.9 Å². The highest BCUT2D eigenvalue weighted by Gasteiger charge is 2.49. The Morgan fingerprint density at radius 2 is 1.91 bits per heavy atom. The number of benzene rings is 2. The van der Waals surface area contributed by atoms with Gasteiger partial charge in [-0.15, -0.1) is 0 Å². The molecule has 2 fully saturated rings. The third-order valence-corrected chi connectivity index (χ3v) is 7.01. The number of carbonyl (C=O) groups excluding carboxylic acids is 1. The highest BCUT2D eigenvalue weighted by atomic mass is 32.2. The van der Waals surface area contributed by atoms with Crippen LogP contribution in [0, 0.1) is 11.6 Å². The molecule has 1 saturated heterocycles. The highest BCUT2D eigenvalue weighted by molar-refractivity contribution is 7.98. The number of nitrogens with zero attached hydrogens (tertiary/aromatic N) is 1. The Balaban J connectivity index is 1.62. The molecule has 2 N–H and O–H groups in total. The van der Waals surface area contributed by atoms with E-state index in [4.69, 9.17) is 0 Å². The summed E-state index contributed by atoms with van der Waals surface area (Å²) in [4.78, 5) is 14.4. The monoisotopic (exact) mass is 486 g/mol. The molecule has 1 aliphatic heterocycles. The van der Waals surface area contributed by atoms with Gasteiger partial charge in [-0.05, 0) is 55.4 Å². The number of likely N-dealkylation sites (tertiary alicyclic amines) is 1. The SMILES string of the molecule is O=C(N1CCC(NSC(F)(F)F)C1Cc1cccc(-c2cccc(F)c2)c1F)C1(O)CCC1. The fourth-order valence-corrected chi connectivity index (χ4v) is 5.03. The number of amides is 1. The second-order valence-electron chi connectivity index (χ2n) is 8.51. The van der Waals surface area contributed by atoms with Gasteiger partial charge in [-0.25, -0.2) is 8.78 Å². The van der Waals surface area contributed by atoms with E-state index in [-0.39, 0.29) is 30.5 Å². The number of alkyl halides is 3. The summed E-state index contributed by atoms with van der Waals surface area (Å²) >= 11 is -0.394. The van der Waals surface area contributed by atoms with E-state index in [9.17, 15) is 27.5 Å². The van der Waals surface area contributed by atoms with Gasteiger partial charge < -0.3 is 10.0 Å². The van der Waals surface area contributed by atoms with E-state index < -0.39 is 52.7 Å². The lowest BCUT2D eigenvalue weighted by Gasteiger charge is -2.40. The van der Waals surface area contributed by atoms with Crippen LogP contribution < -0.4 is 4.72 Å². The van der Waals surface area contributed by atoms with Gasteiger partial charge in [-0.1, -0.05) is 30.3 Å². The number of aliphatic hydroxyl groups is 1. The average Bonchev–Trinajstić information content (AvgIpc) is 3.13. The summed E-state index contributed by atoms with van der Waals surface area (Å²) in [6.45, 7) is 0.160. The van der Waals surface area contributed by atoms with Crippen molar-refractivity contribution < 1.29 is 31.9 Å². The van der Waals surface area contributed by atoms with E-state index in [1.807, 2.05) is 0 Å². The molecule has 0 spiro atoms. The van der Waals surface area contributed by atoms with Crippen molar-refractivity contribution in [2.24, 2.45) is 0 Å². The van der Waals surface area contributed by atoms with Crippen LogP contribution in [0.15, 0.2) is 42.5 Å². The summed E-state index contributed by atoms with van der Waals surface area (Å²) in [5, 5.41) is 10.5. The molecule has 1 saturated carbocycles. The predicted octanol–water partition coefficient (Wildman–Crippen LogP) is 4.82. The first-order valence-electron chi connectivity index (χ1n) is 10.6. The zero-order valence-corrected chi connectivity index (χ0v) is 18.4. The lowest BCUT2D eigenvalue weighted by atomic mass is 9.79. The van der Waals surface area contributed by atoms with Gasteiger partial charge in [0.15, 0.2) is 0 Å². The maximum atomic E-state index is 15.4. The molecule has 0 aromatic heterocycles. The summed E-state index contributed by atoms with van der Waals surface area (Å²) in [5.41, 5.74) is -5.33. The lowest BCUT2D eigenvalue weighted by Crippen LogP contribution is -2.56. The van der Waals surface area contributed by atoms with Crippen LogP contribution in [0.2, 0.25) is 0 Å². The van der Waals surface area contributed by atoms with Crippen molar-refractivity contribution in [1.82, 2.24) is 9.62 Å². The molecule has 4 nitrogen and oxygen atoms in total. The third-order valence-electron chi connectivity index (χ3n) is 6.35. The Labute approximate surface area is 192 Å². The van der Waals surface area contributed by atoms with Gasteiger partial charge in [0.2, 0.25) is 0 Å². The van der Waals surface area contributed by atoms with Crippen LogP contribution >= 0.6 is 11.9 Å². The molecule has 2 aliphatic rings. The van der Waals surface area contributed by atoms with E-state index in [1.54, 1.807) is 12.1 Å². The molecule has 1 aliphatic carbocycles. The first-order chi connectivity index (χ1) is 15.6. The normalized spacial score (nSPS) is 22.3. The molecule has 2 aromatic rings. The molecule has 178 valence electrons. The smallest absolute Gasteiger partial charge is 0.380 e. The Morgan fingerprint density at radius 1 is 1.18 bits per heavy atom. The summed E-state index contributed by atoms with van der Waals surface area (Å²) in [6, 6.07) is 8.52. The Bertz CT molecular complexity index is 1030. The molecular weight excluding hydrogens is 463 g/mol. The Kier molecular flexibility index (Phi) is 6.70. The standard InChI is InChI=1S/C23H23F5N2O2S/c24-16-6-1-4-14(12-16)17-7-2-5-15(20(17)25)13-19-18(29-33-23(26,27)28)8-11-30(19)21(31)22(32)9-3-10-22/h1-2,4-7,12,18-19,29,32H,3,8-11,13H2. The molecule has 1 heterocycles. The molecule has 33 heavy (non-hydrogen) atoms. The maximum Gasteiger partial charge on any atom is 0.456 e. The van der Waals surface area contributed by atoms with Gasteiger partial charge in [0, 0.05) is 30.1 Å². The molecule has 2 atom stereocenters. The number of nitrogens with one attached hydrogen (secondary N) is 1. The first kappa shape index (κ1) is 24.0. The molecule has 0 bridgehead atoms. The average molecular weight is 487 g/mol. The van der Waals surface area contributed by atoms with Gasteiger partial charge in [-0.2, -0.15) is 13.2 Å². The van der Waals surface area contributed by atoms with Crippen molar-refractivity contribution in [1.29, 1.82) is 0 Å². The van der Waals surface area contributed by atoms with Crippen LogP contribution in [0.1, 0.15) is 31.2 Å². The van der Waals surface area contributed by atoms with Crippen LogP contribution in [0.25, 0.3) is 11.1 Å². The maximum absolute atomic E-state index is 15.4. The van der Waals surface area contributed by atoms with Gasteiger partial charge in [0.25, 0.3) is 5.91 Å². The largest absolute Gasteiger partial charge is 0.456 e. The number of halogens is 5. The molecule has 10 heteroatoms. The minimum Gasteiger partial charge on any atom is -0.380 e. The topological polar surface area (TPSA) is 52.6 Å². The summed E-state index contributed by atoms with van der Waals surface area (Å²) in [5.74, 6) is -1.67. The number of hydrogen-bond acceptors (Lipinski definition) is 4. The fourth-order valence-electron chi connectivity index (χ4n) is 4.47. The zero-order chi connectivity index (χ0) is 23.8. The van der Waals surface area contributed by atoms with Crippen molar-refractivity contribution in [2.75, 3.05) is 6.54 Å². The second-order valence-corrected chi connectivity index (χ2v) is 9.41. The van der Waals surface area contributed by atoms with Crippen molar-refractivity contribution in [3.8, 4) is 11.1 Å². The molecule has 4 rings (SSSR count). The van der Waals surface area contributed by atoms with Crippen LogP contribution in [-0.4, -0.2) is 45.7 Å². The van der Waals surface area contributed by atoms with E-state index in [0.29, 0.717) is 24.8 Å². The molecule has 1 amide bonds. The van der Waals surface area contributed by atoms with E-state index in [0.717, 1.165) is 0 Å². The molecular formula is C23H23F5N2O2S. The Hall–Kier alpha value is -2.17. The second kappa shape index (κ2) is 9.23. The summed E-state index contributed by atoms with van der Waals surface area (Å²) < 4.78 is 69.8. The van der Waals surface area contributed by atoms with Crippen LogP contribution in [0.5, 0.6) is 0 Å². The van der Waals surface area contributed by atoms with Crippen molar-refractivity contribution in [2.45, 2.75) is 55.3 Å². The number of carbonyl (C=O) groups is 1. The molecule has 2 aromatic carbocycles. The predicted molar refractivity (Wildman–Crippen MR) is 115 cm³/mol. The van der Waals surface area contributed by atoms with Crippen LogP contribution in [0.4, 0.5) is 22.0 Å². The quantitative estimate of drug-likeness (QED) is 0.454. The van der Waals surface area contributed by atoms with E-state index in [1.165, 1.54) is 35.2 Å².